The van der Waals surface area contributed by atoms with Gasteiger partial charge in [0.25, 0.3) is 0 Å². The molecule has 1 unspecified atom stereocenters. The summed E-state index contributed by atoms with van der Waals surface area (Å²) >= 11 is -2.76. The number of carbonyl (C=O) groups is 4. The fourth-order valence-electron chi connectivity index (χ4n) is 1.64. The van der Waals surface area contributed by atoms with Crippen LogP contribution in [0.3, 0.4) is 0 Å². The van der Waals surface area contributed by atoms with E-state index in [1.54, 1.807) is 0 Å². The van der Waals surface area contributed by atoms with Crippen molar-refractivity contribution in [3.8, 4) is 0 Å². The van der Waals surface area contributed by atoms with E-state index >= 15 is 0 Å². The summed E-state index contributed by atoms with van der Waals surface area (Å²) in [5.41, 5.74) is 0. The molecule has 0 amide bonds. The van der Waals surface area contributed by atoms with Crippen molar-refractivity contribution >= 4 is 35.0 Å². The largest absolute Gasteiger partial charge is 0.481 e. The fourth-order valence-corrected chi connectivity index (χ4v) is 2.17. The van der Waals surface area contributed by atoms with Gasteiger partial charge in [0, 0.05) is 25.1 Å². The van der Waals surface area contributed by atoms with Crippen molar-refractivity contribution in [1.82, 2.24) is 5.32 Å². The van der Waals surface area contributed by atoms with E-state index in [2.05, 4.69) is 5.32 Å². The van der Waals surface area contributed by atoms with Crippen LogP contribution in [0.15, 0.2) is 12.3 Å². The van der Waals surface area contributed by atoms with Gasteiger partial charge in [-0.2, -0.15) is 0 Å². The molecule has 0 aliphatic carbocycles. The van der Waals surface area contributed by atoms with Crippen LogP contribution in [0, 0.1) is 0 Å². The summed E-state index contributed by atoms with van der Waals surface area (Å²) < 4.78 is 23.8. The molecule has 0 rings (SSSR count). The SMILES string of the molecule is C[C@](COC(=O)CCCC(=O)O)([C@@H](N/C=C/C(=O)O)C(=O)O)S(=O)O. The first kappa shape index (κ1) is 22.5. The van der Waals surface area contributed by atoms with Crippen LogP contribution in [-0.2, 0) is 35.0 Å². The van der Waals surface area contributed by atoms with Crippen LogP contribution in [0.1, 0.15) is 26.2 Å². The van der Waals surface area contributed by atoms with Crippen molar-refractivity contribution < 1.29 is 48.0 Å². The van der Waals surface area contributed by atoms with Gasteiger partial charge >= 0.3 is 23.9 Å². The second-order valence-corrected chi connectivity index (χ2v) is 6.51. The first-order valence-electron chi connectivity index (χ1n) is 6.87. The number of carbonyl (C=O) groups excluding carboxylic acids is 1. The van der Waals surface area contributed by atoms with Gasteiger partial charge in [0.2, 0.25) is 0 Å². The molecule has 0 aromatic carbocycles. The van der Waals surface area contributed by atoms with E-state index in [1.807, 2.05) is 0 Å². The first-order chi connectivity index (χ1) is 11.5. The topological polar surface area (TPSA) is 188 Å². The lowest BCUT2D eigenvalue weighted by Gasteiger charge is -2.31. The van der Waals surface area contributed by atoms with Gasteiger partial charge in [0.1, 0.15) is 17.4 Å². The van der Waals surface area contributed by atoms with E-state index in [0.29, 0.717) is 6.08 Å². The molecule has 3 atom stereocenters. The Hall–Kier alpha value is -2.47. The molecule has 0 aromatic heterocycles. The second-order valence-electron chi connectivity index (χ2n) is 5.08. The van der Waals surface area contributed by atoms with Gasteiger partial charge < -0.3 is 29.9 Å². The van der Waals surface area contributed by atoms with Gasteiger partial charge in [-0.05, 0) is 13.3 Å². The van der Waals surface area contributed by atoms with Crippen molar-refractivity contribution in [3.63, 3.8) is 0 Å². The minimum atomic E-state index is -2.76. The molecule has 142 valence electrons. The Bertz CT molecular complexity index is 575. The van der Waals surface area contributed by atoms with Gasteiger partial charge in [-0.15, -0.1) is 0 Å². The number of hydrogen-bond donors (Lipinski definition) is 5. The summed E-state index contributed by atoms with van der Waals surface area (Å²) in [6.45, 7) is 0.306. The molecule has 0 aliphatic rings. The molecule has 0 spiro atoms. The molecule has 0 radical (unpaired) electrons. The third-order valence-electron chi connectivity index (χ3n) is 3.04. The van der Waals surface area contributed by atoms with Crippen molar-refractivity contribution in [2.45, 2.75) is 37.0 Å². The number of rotatable bonds is 12. The lowest BCUT2D eigenvalue weighted by atomic mass is 10.0. The maximum Gasteiger partial charge on any atom is 0.329 e. The standard InChI is InChI=1S/C13H19NO10S/c1-13(25(22)23,7-24-10(19)4-2-3-8(15)16)11(12(20)21)14-6-5-9(17)18/h5-6,11,14H,2-4,7H2,1H3,(H,15,16)(H,17,18)(H,20,21)(H,22,23)/b6-5+/t11-,13-/m0/s1. The van der Waals surface area contributed by atoms with Crippen molar-refractivity contribution in [2.75, 3.05) is 6.61 Å². The van der Waals surface area contributed by atoms with Gasteiger partial charge in [0.15, 0.2) is 11.1 Å². The normalized spacial score (nSPS) is 15.8. The lowest BCUT2D eigenvalue weighted by Crippen LogP contribution is -2.57. The second kappa shape index (κ2) is 10.4. The van der Waals surface area contributed by atoms with E-state index in [-0.39, 0.29) is 19.3 Å². The number of aliphatic carboxylic acids is 3. The molecule has 0 fully saturated rings. The molecule has 5 N–H and O–H groups in total. The lowest BCUT2D eigenvalue weighted by molar-refractivity contribution is -0.148. The Kier molecular flexibility index (Phi) is 9.38. The fraction of sp³-hybridized carbons (Fsp3) is 0.538. The van der Waals surface area contributed by atoms with Gasteiger partial charge in [-0.25, -0.2) is 13.8 Å². The van der Waals surface area contributed by atoms with Crippen molar-refractivity contribution in [3.05, 3.63) is 12.3 Å². The molecule has 0 aromatic rings. The summed E-state index contributed by atoms with van der Waals surface area (Å²) in [7, 11) is 0. The van der Waals surface area contributed by atoms with Crippen LogP contribution < -0.4 is 5.32 Å². The third-order valence-corrected chi connectivity index (χ3v) is 4.19. The summed E-state index contributed by atoms with van der Waals surface area (Å²) in [6, 6.07) is -1.74. The predicted octanol–water partition coefficient (Wildman–Crippen LogP) is -0.594. The minimum Gasteiger partial charge on any atom is -0.481 e. The maximum atomic E-state index is 11.6. The van der Waals surface area contributed by atoms with Crippen LogP contribution in [-0.4, -0.2) is 65.4 Å². The molecular weight excluding hydrogens is 362 g/mol. The molecule has 11 nitrogen and oxygen atoms in total. The van der Waals surface area contributed by atoms with Crippen LogP contribution in [0.4, 0.5) is 0 Å². The Balaban J connectivity index is 5.01. The number of carboxylic acids is 3. The minimum absolute atomic E-state index is 0.00491. The Morgan fingerprint density at radius 3 is 2.24 bits per heavy atom. The molecule has 12 heteroatoms. The molecule has 0 heterocycles. The Labute approximate surface area is 144 Å². The van der Waals surface area contributed by atoms with Crippen LogP contribution in [0.5, 0.6) is 0 Å². The average molecular weight is 381 g/mol. The van der Waals surface area contributed by atoms with Crippen LogP contribution in [0.2, 0.25) is 0 Å². The quantitative estimate of drug-likeness (QED) is 0.165. The van der Waals surface area contributed by atoms with E-state index < -0.39 is 52.4 Å². The van der Waals surface area contributed by atoms with Crippen molar-refractivity contribution in [2.24, 2.45) is 0 Å². The first-order valence-corrected chi connectivity index (χ1v) is 7.98. The molecule has 0 saturated carbocycles. The Morgan fingerprint density at radius 1 is 1.20 bits per heavy atom. The molecule has 0 bridgehead atoms. The molecular formula is C13H19NO10S. The van der Waals surface area contributed by atoms with Gasteiger partial charge in [0.05, 0.1) is 0 Å². The van der Waals surface area contributed by atoms with E-state index in [9.17, 15) is 33.0 Å². The zero-order valence-electron chi connectivity index (χ0n) is 13.2. The average Bonchev–Trinajstić information content (AvgIpc) is 2.48. The smallest absolute Gasteiger partial charge is 0.329 e. The van der Waals surface area contributed by atoms with Crippen LogP contribution >= 0.6 is 0 Å². The maximum absolute atomic E-state index is 11.6. The summed E-state index contributed by atoms with van der Waals surface area (Å²) in [5.74, 6) is -4.90. The van der Waals surface area contributed by atoms with Crippen molar-refractivity contribution in [1.29, 1.82) is 0 Å². The van der Waals surface area contributed by atoms with Crippen LogP contribution in [0.25, 0.3) is 0 Å². The number of esters is 1. The highest BCUT2D eigenvalue weighted by molar-refractivity contribution is 7.80. The van der Waals surface area contributed by atoms with E-state index in [1.165, 1.54) is 0 Å². The Morgan fingerprint density at radius 2 is 1.80 bits per heavy atom. The zero-order valence-corrected chi connectivity index (χ0v) is 14.0. The highest BCUT2D eigenvalue weighted by Crippen LogP contribution is 2.20. The number of carboxylic acid groups (broad SMARTS) is 3. The summed E-state index contributed by atoms with van der Waals surface area (Å²) in [5, 5.41) is 28.3. The van der Waals surface area contributed by atoms with E-state index in [0.717, 1.165) is 13.1 Å². The van der Waals surface area contributed by atoms with Gasteiger partial charge in [-0.3, -0.25) is 9.59 Å². The van der Waals surface area contributed by atoms with Gasteiger partial charge in [-0.1, -0.05) is 0 Å². The highest BCUT2D eigenvalue weighted by atomic mass is 32.2. The zero-order chi connectivity index (χ0) is 19.6. The molecule has 0 saturated heterocycles. The number of hydrogen-bond acceptors (Lipinski definition) is 7. The molecule has 0 aliphatic heterocycles. The predicted molar refractivity (Wildman–Crippen MR) is 83.0 cm³/mol. The number of ether oxygens (including phenoxy) is 1. The molecule has 25 heavy (non-hydrogen) atoms. The highest BCUT2D eigenvalue weighted by Gasteiger charge is 2.45. The number of nitrogens with one attached hydrogen (secondary N) is 1. The van der Waals surface area contributed by atoms with E-state index in [4.69, 9.17) is 14.9 Å². The monoisotopic (exact) mass is 381 g/mol. The summed E-state index contributed by atoms with van der Waals surface area (Å²) in [4.78, 5) is 43.6. The third kappa shape index (κ3) is 8.26. The summed E-state index contributed by atoms with van der Waals surface area (Å²) in [6.07, 6.45) is 0.840.